The second kappa shape index (κ2) is 6.54. The van der Waals surface area contributed by atoms with Crippen molar-refractivity contribution in [2.45, 2.75) is 37.6 Å². The molecule has 0 aromatic carbocycles. The van der Waals surface area contributed by atoms with Gasteiger partial charge in [0.1, 0.15) is 12.2 Å². The van der Waals surface area contributed by atoms with Gasteiger partial charge in [0.05, 0.1) is 36.1 Å². The lowest BCUT2D eigenvalue weighted by Crippen LogP contribution is -2.46. The number of amides is 2. The number of carbonyl (C=O) groups is 2. The highest BCUT2D eigenvalue weighted by molar-refractivity contribution is 7.16. The van der Waals surface area contributed by atoms with Crippen LogP contribution in [-0.2, 0) is 25.5 Å². The van der Waals surface area contributed by atoms with Gasteiger partial charge in [-0.25, -0.2) is 0 Å². The number of thiophene rings is 1. The van der Waals surface area contributed by atoms with Crippen molar-refractivity contribution in [3.63, 3.8) is 0 Å². The summed E-state index contributed by atoms with van der Waals surface area (Å²) in [6.45, 7) is 2.26. The number of carbonyl (C=O) groups excluding carboxylic acids is 2. The molecule has 2 saturated heterocycles. The second-order valence-electron chi connectivity index (χ2n) is 5.46. The fourth-order valence-electron chi connectivity index (χ4n) is 2.87. The topological polar surface area (TPSA) is 76.7 Å². The molecule has 0 bridgehead atoms. The van der Waals surface area contributed by atoms with Crippen molar-refractivity contribution in [3.8, 4) is 0 Å². The first-order chi connectivity index (χ1) is 10.5. The van der Waals surface area contributed by atoms with E-state index >= 15 is 0 Å². The molecule has 2 N–H and O–H groups in total. The van der Waals surface area contributed by atoms with Crippen molar-refractivity contribution in [2.75, 3.05) is 13.2 Å². The molecule has 0 saturated carbocycles. The summed E-state index contributed by atoms with van der Waals surface area (Å²) < 4.78 is 12.0. The van der Waals surface area contributed by atoms with Gasteiger partial charge in [0.25, 0.3) is 0 Å². The molecule has 22 heavy (non-hydrogen) atoms. The zero-order valence-corrected chi connectivity index (χ0v) is 13.6. The van der Waals surface area contributed by atoms with Gasteiger partial charge in [0, 0.05) is 11.8 Å². The summed E-state index contributed by atoms with van der Waals surface area (Å²) in [5.41, 5.74) is 0. The van der Waals surface area contributed by atoms with Gasteiger partial charge < -0.3 is 20.1 Å². The van der Waals surface area contributed by atoms with E-state index in [2.05, 4.69) is 10.6 Å². The van der Waals surface area contributed by atoms with Crippen LogP contribution in [0.1, 0.15) is 11.8 Å². The molecule has 2 amide bonds. The molecule has 6 nitrogen and oxygen atoms in total. The molecule has 0 aliphatic carbocycles. The Morgan fingerprint density at radius 3 is 2.41 bits per heavy atom. The molecule has 120 valence electrons. The number of nitrogens with one attached hydrogen (secondary N) is 2. The van der Waals surface area contributed by atoms with E-state index in [9.17, 15) is 9.59 Å². The van der Waals surface area contributed by atoms with E-state index < -0.39 is 0 Å². The maximum absolute atomic E-state index is 12.1. The third kappa shape index (κ3) is 3.43. The predicted molar refractivity (Wildman–Crippen MR) is 82.0 cm³/mol. The second-order valence-corrected chi connectivity index (χ2v) is 7.26. The van der Waals surface area contributed by atoms with E-state index in [-0.39, 0.29) is 36.1 Å². The van der Waals surface area contributed by atoms with Crippen molar-refractivity contribution in [2.24, 2.45) is 0 Å². The Hall–Kier alpha value is -1.15. The Morgan fingerprint density at radius 1 is 1.23 bits per heavy atom. The van der Waals surface area contributed by atoms with E-state index in [0.29, 0.717) is 24.0 Å². The Labute approximate surface area is 137 Å². The lowest BCUT2D eigenvalue weighted by Gasteiger charge is -2.17. The first kappa shape index (κ1) is 15.7. The van der Waals surface area contributed by atoms with Crippen LogP contribution in [0.3, 0.4) is 0 Å². The highest BCUT2D eigenvalue weighted by atomic mass is 35.5. The van der Waals surface area contributed by atoms with Crippen LogP contribution >= 0.6 is 22.9 Å². The van der Waals surface area contributed by atoms with Crippen LogP contribution in [0.4, 0.5) is 0 Å². The lowest BCUT2D eigenvalue weighted by molar-refractivity contribution is -0.121. The molecule has 2 aliphatic rings. The first-order valence-corrected chi connectivity index (χ1v) is 8.26. The van der Waals surface area contributed by atoms with E-state index in [0.717, 1.165) is 4.88 Å². The molecule has 3 heterocycles. The van der Waals surface area contributed by atoms with Crippen molar-refractivity contribution >= 4 is 34.8 Å². The average molecular weight is 345 g/mol. The Bertz CT molecular complexity index is 579. The fourth-order valence-corrected chi connectivity index (χ4v) is 3.96. The van der Waals surface area contributed by atoms with Crippen molar-refractivity contribution in [1.82, 2.24) is 10.6 Å². The van der Waals surface area contributed by atoms with Crippen LogP contribution in [0.5, 0.6) is 0 Å². The zero-order chi connectivity index (χ0) is 15.7. The third-order valence-corrected chi connectivity index (χ3v) is 4.98. The van der Waals surface area contributed by atoms with E-state index in [1.54, 1.807) is 6.07 Å². The molecule has 3 rings (SSSR count). The van der Waals surface area contributed by atoms with Gasteiger partial charge in [-0.15, -0.1) is 11.3 Å². The molecule has 2 fully saturated rings. The summed E-state index contributed by atoms with van der Waals surface area (Å²) in [5, 5.41) is 5.76. The largest absolute Gasteiger partial charge is 0.371 e. The van der Waals surface area contributed by atoms with E-state index in [1.165, 1.54) is 18.3 Å². The van der Waals surface area contributed by atoms with E-state index in [1.807, 2.05) is 6.07 Å². The highest BCUT2D eigenvalue weighted by Crippen LogP contribution is 2.27. The van der Waals surface area contributed by atoms with Crippen molar-refractivity contribution in [3.05, 3.63) is 21.3 Å². The molecular weight excluding hydrogens is 328 g/mol. The van der Waals surface area contributed by atoms with Crippen LogP contribution in [0.2, 0.25) is 4.34 Å². The lowest BCUT2D eigenvalue weighted by atomic mass is 10.1. The molecule has 1 aromatic rings. The minimum atomic E-state index is -0.215. The maximum atomic E-state index is 12.1. The zero-order valence-electron chi connectivity index (χ0n) is 12.0. The van der Waals surface area contributed by atoms with Crippen molar-refractivity contribution < 1.29 is 19.1 Å². The number of hydrogen-bond acceptors (Lipinski definition) is 5. The summed E-state index contributed by atoms with van der Waals surface area (Å²) in [6.07, 6.45) is -0.126. The first-order valence-electron chi connectivity index (χ1n) is 7.07. The smallest absolute Gasteiger partial charge is 0.225 e. The average Bonchev–Trinajstić information content (AvgIpc) is 3.10. The van der Waals surface area contributed by atoms with E-state index in [4.69, 9.17) is 21.1 Å². The molecule has 2 aliphatic heterocycles. The number of ether oxygens (including phenoxy) is 2. The molecule has 4 atom stereocenters. The summed E-state index contributed by atoms with van der Waals surface area (Å²) >= 11 is 7.25. The fraction of sp³-hybridized carbons (Fsp3) is 0.571. The highest BCUT2D eigenvalue weighted by Gasteiger charge is 2.48. The van der Waals surface area contributed by atoms with Crippen LogP contribution in [0.15, 0.2) is 12.1 Å². The SMILES string of the molecule is CC(=O)N[C@H]1CO[C@H]2[C@@H]1OC[C@@H]2NC(=O)Cc1ccc(Cl)s1. The summed E-state index contributed by atoms with van der Waals surface area (Å²) in [5.74, 6) is -0.195. The Kier molecular flexibility index (Phi) is 4.67. The van der Waals surface area contributed by atoms with Crippen LogP contribution < -0.4 is 10.6 Å². The number of halogens is 1. The monoisotopic (exact) mass is 344 g/mol. The van der Waals surface area contributed by atoms with Gasteiger partial charge in [-0.2, -0.15) is 0 Å². The van der Waals surface area contributed by atoms with Gasteiger partial charge >= 0.3 is 0 Å². The molecule has 0 radical (unpaired) electrons. The van der Waals surface area contributed by atoms with Crippen molar-refractivity contribution in [1.29, 1.82) is 0 Å². The maximum Gasteiger partial charge on any atom is 0.225 e. The number of hydrogen-bond donors (Lipinski definition) is 2. The quantitative estimate of drug-likeness (QED) is 0.844. The standard InChI is InChI=1S/C14H17ClN2O4S/c1-7(18)16-9-5-20-14-10(6-21-13(9)14)17-12(19)4-8-2-3-11(15)22-8/h2-3,9-10,13-14H,4-6H2,1H3,(H,16,18)(H,17,19)/t9-,10-,13+,14+/m0/s1. The normalized spacial score (nSPS) is 30.1. The summed E-state index contributed by atoms with van der Waals surface area (Å²) in [4.78, 5) is 24.2. The Balaban J connectivity index is 1.54. The number of rotatable bonds is 4. The molecule has 8 heteroatoms. The van der Waals surface area contributed by atoms with Gasteiger partial charge in [-0.05, 0) is 12.1 Å². The molecule has 0 unspecified atom stereocenters. The number of fused-ring (bicyclic) bond motifs is 1. The van der Waals surface area contributed by atoms with Gasteiger partial charge in [-0.3, -0.25) is 9.59 Å². The third-order valence-electron chi connectivity index (χ3n) is 3.75. The summed E-state index contributed by atoms with van der Waals surface area (Å²) in [7, 11) is 0. The minimum Gasteiger partial charge on any atom is -0.371 e. The van der Waals surface area contributed by atoms with Gasteiger partial charge in [0.2, 0.25) is 11.8 Å². The van der Waals surface area contributed by atoms with Gasteiger partial charge in [-0.1, -0.05) is 11.6 Å². The summed E-state index contributed by atoms with van der Waals surface area (Å²) in [6, 6.07) is 3.29. The predicted octanol–water partition coefficient (Wildman–Crippen LogP) is 0.731. The molecule has 0 spiro atoms. The van der Waals surface area contributed by atoms with Crippen LogP contribution in [0, 0.1) is 0 Å². The van der Waals surface area contributed by atoms with Crippen LogP contribution in [-0.4, -0.2) is 49.3 Å². The molecule has 1 aromatic heterocycles. The molecular formula is C14H17ClN2O4S. The van der Waals surface area contributed by atoms with Crippen LogP contribution in [0.25, 0.3) is 0 Å². The minimum absolute atomic E-state index is 0.0839. The Morgan fingerprint density at radius 2 is 1.86 bits per heavy atom. The van der Waals surface area contributed by atoms with Gasteiger partial charge in [0.15, 0.2) is 0 Å².